The van der Waals surface area contributed by atoms with Crippen molar-refractivity contribution in [3.05, 3.63) is 76.1 Å². The predicted molar refractivity (Wildman–Crippen MR) is 119 cm³/mol. The molecular weight excluding hydrogens is 378 g/mol. The largest absolute Gasteiger partial charge is 0.494 e. The third-order valence-corrected chi connectivity index (χ3v) is 5.51. The van der Waals surface area contributed by atoms with Crippen molar-refractivity contribution in [1.29, 1.82) is 0 Å². The molecule has 154 valence electrons. The maximum atomic E-state index is 11.5. The van der Waals surface area contributed by atoms with Crippen molar-refractivity contribution in [2.45, 2.75) is 26.7 Å². The van der Waals surface area contributed by atoms with Gasteiger partial charge in [0.05, 0.1) is 25.6 Å². The molecule has 0 atom stereocenters. The number of nitrogens with zero attached hydrogens (tertiary/aromatic N) is 1. The first-order valence-electron chi connectivity index (χ1n) is 9.89. The van der Waals surface area contributed by atoms with Crippen LogP contribution in [0.25, 0.3) is 17.0 Å². The molecule has 2 N–H and O–H groups in total. The summed E-state index contributed by atoms with van der Waals surface area (Å²) in [6.45, 7) is 4.07. The van der Waals surface area contributed by atoms with E-state index in [1.54, 1.807) is 7.11 Å². The van der Waals surface area contributed by atoms with Gasteiger partial charge >= 0.3 is 5.97 Å². The topological polar surface area (TPSA) is 79.5 Å². The van der Waals surface area contributed by atoms with Gasteiger partial charge in [-0.2, -0.15) is 0 Å². The zero-order chi connectivity index (χ0) is 21.3. The van der Waals surface area contributed by atoms with Gasteiger partial charge in [-0.15, -0.1) is 0 Å². The zero-order valence-corrected chi connectivity index (χ0v) is 17.6. The molecule has 0 unspecified atom stereocenters. The number of methoxy groups -OCH3 is 2. The van der Waals surface area contributed by atoms with Gasteiger partial charge in [-0.25, -0.2) is 4.99 Å². The molecule has 6 heteroatoms. The van der Waals surface area contributed by atoms with E-state index in [-0.39, 0.29) is 5.97 Å². The molecule has 3 aromatic rings. The highest BCUT2D eigenvalue weighted by Crippen LogP contribution is 2.28. The number of benzene rings is 1. The molecule has 0 aliphatic carbocycles. The van der Waals surface area contributed by atoms with Crippen molar-refractivity contribution in [2.75, 3.05) is 14.2 Å². The monoisotopic (exact) mass is 403 g/mol. The Hall–Kier alpha value is -3.54. The highest BCUT2D eigenvalue weighted by Gasteiger charge is 2.19. The Balaban J connectivity index is 1.66. The Bertz CT molecular complexity index is 1170. The van der Waals surface area contributed by atoms with Gasteiger partial charge in [0.1, 0.15) is 11.5 Å². The number of H-pyrrole nitrogens is 2. The Morgan fingerprint density at radius 1 is 1.17 bits per heavy atom. The van der Waals surface area contributed by atoms with Crippen LogP contribution in [0.3, 0.4) is 0 Å². The van der Waals surface area contributed by atoms with E-state index in [9.17, 15) is 4.79 Å². The van der Waals surface area contributed by atoms with E-state index in [0.717, 1.165) is 50.5 Å². The number of carbonyl (C=O) groups is 1. The lowest BCUT2D eigenvalue weighted by Crippen LogP contribution is -2.02. The van der Waals surface area contributed by atoms with Crippen molar-refractivity contribution in [3.8, 4) is 0 Å². The third kappa shape index (κ3) is 3.68. The first kappa shape index (κ1) is 19.8. The standard InChI is InChI=1S/C24H25N3O3/c1-14-17(9-10-24(28)30-4)15(2)25-19(14)12-22-23(29-3)13-21(27-22)20-11-16-7-5-6-8-18(16)26-20/h5-8,11-13,25-26H,9-10H2,1-4H3/b22-12+. The number of carbonyl (C=O) groups excluding carboxylic acids is 1. The number of aliphatic imine (C=N–C) groups is 1. The van der Waals surface area contributed by atoms with Gasteiger partial charge in [-0.1, -0.05) is 18.2 Å². The van der Waals surface area contributed by atoms with Crippen molar-refractivity contribution in [2.24, 2.45) is 4.99 Å². The van der Waals surface area contributed by atoms with Crippen LogP contribution < -0.4 is 0 Å². The summed E-state index contributed by atoms with van der Waals surface area (Å²) in [5.41, 5.74) is 7.87. The highest BCUT2D eigenvalue weighted by molar-refractivity contribution is 6.13. The van der Waals surface area contributed by atoms with Crippen molar-refractivity contribution >= 4 is 28.7 Å². The van der Waals surface area contributed by atoms with E-state index in [1.807, 2.05) is 37.3 Å². The van der Waals surface area contributed by atoms with Gasteiger partial charge in [-0.05, 0) is 49.6 Å². The molecule has 0 saturated carbocycles. The maximum Gasteiger partial charge on any atom is 0.305 e. The molecule has 0 bridgehead atoms. The van der Waals surface area contributed by atoms with Crippen LogP contribution in [0, 0.1) is 13.8 Å². The van der Waals surface area contributed by atoms with Crippen molar-refractivity contribution in [1.82, 2.24) is 9.97 Å². The summed E-state index contributed by atoms with van der Waals surface area (Å²) >= 11 is 0. The van der Waals surface area contributed by atoms with Gasteiger partial charge in [0.2, 0.25) is 0 Å². The summed E-state index contributed by atoms with van der Waals surface area (Å²) in [5, 5.41) is 1.14. The average Bonchev–Trinajstić information content (AvgIpc) is 3.42. The lowest BCUT2D eigenvalue weighted by Gasteiger charge is -2.03. The van der Waals surface area contributed by atoms with E-state index < -0.39 is 0 Å². The second-order valence-electron chi connectivity index (χ2n) is 7.35. The summed E-state index contributed by atoms with van der Waals surface area (Å²) in [5.74, 6) is 0.509. The van der Waals surface area contributed by atoms with Gasteiger partial charge in [-0.3, -0.25) is 4.79 Å². The Labute approximate surface area is 175 Å². The minimum atomic E-state index is -0.206. The minimum Gasteiger partial charge on any atom is -0.494 e. The van der Waals surface area contributed by atoms with Gasteiger partial charge < -0.3 is 19.4 Å². The summed E-state index contributed by atoms with van der Waals surface area (Å²) in [7, 11) is 3.06. The number of hydrogen-bond acceptors (Lipinski definition) is 4. The van der Waals surface area contributed by atoms with Crippen molar-refractivity contribution in [3.63, 3.8) is 0 Å². The molecular formula is C24H25N3O3. The molecule has 4 rings (SSSR count). The molecule has 0 saturated heterocycles. The molecule has 0 spiro atoms. The SMILES string of the molecule is COC(=O)CCc1c(C)[nH]c(/C=C2/N=C(c3cc4ccccc4[nH]3)C=C2OC)c1C. The van der Waals surface area contributed by atoms with Crippen molar-refractivity contribution < 1.29 is 14.3 Å². The van der Waals surface area contributed by atoms with Crippen LogP contribution in [-0.2, 0) is 20.7 Å². The molecule has 2 aromatic heterocycles. The molecule has 0 amide bonds. The number of esters is 1. The third-order valence-electron chi connectivity index (χ3n) is 5.51. The Morgan fingerprint density at radius 3 is 2.70 bits per heavy atom. The van der Waals surface area contributed by atoms with E-state index >= 15 is 0 Å². The summed E-state index contributed by atoms with van der Waals surface area (Å²) in [4.78, 5) is 23.2. The van der Waals surface area contributed by atoms with Crippen LogP contribution in [0.4, 0.5) is 0 Å². The molecule has 0 radical (unpaired) electrons. The number of para-hydroxylation sites is 1. The van der Waals surface area contributed by atoms with Crippen LogP contribution >= 0.6 is 0 Å². The smallest absolute Gasteiger partial charge is 0.305 e. The fourth-order valence-electron chi connectivity index (χ4n) is 3.83. The maximum absolute atomic E-state index is 11.5. The van der Waals surface area contributed by atoms with Crippen LogP contribution in [0.5, 0.6) is 0 Å². The fraction of sp³-hybridized carbons (Fsp3) is 0.250. The van der Waals surface area contributed by atoms with Crippen LogP contribution in [0.15, 0.2) is 52.9 Å². The quantitative estimate of drug-likeness (QED) is 0.591. The number of aromatic amines is 2. The number of aromatic nitrogens is 2. The number of ether oxygens (including phenoxy) is 2. The first-order chi connectivity index (χ1) is 14.5. The predicted octanol–water partition coefficient (Wildman–Crippen LogP) is 4.59. The average molecular weight is 403 g/mol. The number of allylic oxidation sites excluding steroid dienone is 1. The number of rotatable bonds is 6. The molecule has 30 heavy (non-hydrogen) atoms. The number of nitrogens with one attached hydrogen (secondary N) is 2. The summed E-state index contributed by atoms with van der Waals surface area (Å²) in [6, 6.07) is 10.2. The molecule has 0 fully saturated rings. The lowest BCUT2D eigenvalue weighted by molar-refractivity contribution is -0.140. The number of aryl methyl sites for hydroxylation is 1. The van der Waals surface area contributed by atoms with E-state index in [4.69, 9.17) is 14.5 Å². The van der Waals surface area contributed by atoms with Gasteiger partial charge in [0.15, 0.2) is 0 Å². The second kappa shape index (κ2) is 8.06. The fourth-order valence-corrected chi connectivity index (χ4v) is 3.83. The highest BCUT2D eigenvalue weighted by atomic mass is 16.5. The van der Waals surface area contributed by atoms with E-state index in [0.29, 0.717) is 18.6 Å². The molecule has 1 aliphatic heterocycles. The molecule has 6 nitrogen and oxygen atoms in total. The summed E-state index contributed by atoms with van der Waals surface area (Å²) in [6.07, 6.45) is 4.94. The number of hydrogen-bond donors (Lipinski definition) is 2. The van der Waals surface area contributed by atoms with Gasteiger partial charge in [0, 0.05) is 34.8 Å². The van der Waals surface area contributed by atoms with Crippen LogP contribution in [0.1, 0.15) is 34.6 Å². The van der Waals surface area contributed by atoms with Crippen LogP contribution in [-0.4, -0.2) is 35.9 Å². The zero-order valence-electron chi connectivity index (χ0n) is 17.6. The first-order valence-corrected chi connectivity index (χ1v) is 9.89. The molecule has 1 aromatic carbocycles. The van der Waals surface area contributed by atoms with E-state index in [2.05, 4.69) is 29.0 Å². The minimum absolute atomic E-state index is 0.206. The van der Waals surface area contributed by atoms with E-state index in [1.165, 1.54) is 7.11 Å². The summed E-state index contributed by atoms with van der Waals surface area (Å²) < 4.78 is 10.3. The Morgan fingerprint density at radius 2 is 1.97 bits per heavy atom. The molecule has 3 heterocycles. The van der Waals surface area contributed by atoms with Gasteiger partial charge in [0.25, 0.3) is 0 Å². The molecule has 1 aliphatic rings. The van der Waals surface area contributed by atoms with Crippen LogP contribution in [0.2, 0.25) is 0 Å². The lowest BCUT2D eigenvalue weighted by atomic mass is 10.0. The normalized spacial score (nSPS) is 14.9. The second-order valence-corrected chi connectivity index (χ2v) is 7.35. The Kier molecular flexibility index (Phi) is 5.31. The number of fused-ring (bicyclic) bond motifs is 1.